The van der Waals surface area contributed by atoms with Gasteiger partial charge in [0.05, 0.1) is 31.9 Å². The van der Waals surface area contributed by atoms with Crippen LogP contribution in [0.1, 0.15) is 47.7 Å². The number of hydrogen-bond acceptors (Lipinski definition) is 7. The van der Waals surface area contributed by atoms with E-state index in [2.05, 4.69) is 32.6 Å². The van der Waals surface area contributed by atoms with Crippen LogP contribution in [0.2, 0.25) is 0 Å². The third-order valence-corrected chi connectivity index (χ3v) is 10.1. The van der Waals surface area contributed by atoms with Crippen LogP contribution in [0, 0.1) is 12.7 Å². The molecule has 2 N–H and O–H groups in total. The number of carbonyl (C=O) groups excluding carboxylic acids is 1. The van der Waals surface area contributed by atoms with Crippen molar-refractivity contribution in [2.75, 3.05) is 78.1 Å². The van der Waals surface area contributed by atoms with Gasteiger partial charge >= 0.3 is 0 Å². The van der Waals surface area contributed by atoms with E-state index in [4.69, 9.17) is 19.2 Å². The molecule has 0 radical (unpaired) electrons. The maximum Gasteiger partial charge on any atom is 0.254 e. The van der Waals surface area contributed by atoms with E-state index < -0.39 is 0 Å². The zero-order valence-corrected chi connectivity index (χ0v) is 29.2. The van der Waals surface area contributed by atoms with Gasteiger partial charge in [-0.15, -0.1) is 0 Å². The van der Waals surface area contributed by atoms with E-state index in [1.54, 1.807) is 32.4 Å². The van der Waals surface area contributed by atoms with Crippen molar-refractivity contribution >= 4 is 22.9 Å². The average Bonchev–Trinajstić information content (AvgIpc) is 3.62. The van der Waals surface area contributed by atoms with Crippen molar-refractivity contribution in [1.82, 2.24) is 19.4 Å². The minimum absolute atomic E-state index is 0. The Bertz CT molecular complexity index is 1710. The first kappa shape index (κ1) is 36.1. The molecule has 1 aromatic heterocycles. The van der Waals surface area contributed by atoms with Crippen LogP contribution in [-0.4, -0.2) is 104 Å². The Morgan fingerprint density at radius 3 is 2.51 bits per heavy atom. The van der Waals surface area contributed by atoms with Crippen molar-refractivity contribution in [3.05, 3.63) is 83.2 Å². The highest BCUT2D eigenvalue weighted by atomic mass is 19.1. The van der Waals surface area contributed by atoms with Gasteiger partial charge in [-0.1, -0.05) is 24.3 Å². The van der Waals surface area contributed by atoms with Crippen LogP contribution in [-0.2, 0) is 16.7 Å². The quantitative estimate of drug-likeness (QED) is 0.193. The average molecular weight is 676 g/mol. The number of rotatable bonds is 12. The molecule has 1 unspecified atom stereocenters. The third kappa shape index (κ3) is 7.69. The SMILES string of the molecule is CCOCCn1c(N2CCCN(CCC3(c4ccc(F)cc4)CCN(C(=O)c4cc(C)c(OC)c(OC)c4)C3)CC2)nc2ccccc21.O. The van der Waals surface area contributed by atoms with Gasteiger partial charge in [-0.3, -0.25) is 4.79 Å². The molecule has 49 heavy (non-hydrogen) atoms. The first-order chi connectivity index (χ1) is 23.4. The smallest absolute Gasteiger partial charge is 0.254 e. The molecule has 2 fully saturated rings. The molecule has 2 aliphatic heterocycles. The Balaban J connectivity index is 0.00000468. The molecule has 0 spiro atoms. The number of likely N-dealkylation sites (tertiary alicyclic amines) is 1. The number of fused-ring (bicyclic) bond motifs is 1. The summed E-state index contributed by atoms with van der Waals surface area (Å²) >= 11 is 0. The number of anilines is 1. The molecular weight excluding hydrogens is 625 g/mol. The van der Waals surface area contributed by atoms with Gasteiger partial charge in [0, 0.05) is 56.9 Å². The number of hydrogen-bond donors (Lipinski definition) is 0. The number of nitrogens with zero attached hydrogens (tertiary/aromatic N) is 5. The van der Waals surface area contributed by atoms with Gasteiger partial charge in [-0.25, -0.2) is 9.37 Å². The Morgan fingerprint density at radius 2 is 1.76 bits per heavy atom. The van der Waals surface area contributed by atoms with E-state index in [1.807, 2.05) is 43.0 Å². The van der Waals surface area contributed by atoms with Crippen LogP contribution in [0.25, 0.3) is 11.0 Å². The van der Waals surface area contributed by atoms with Crippen LogP contribution < -0.4 is 14.4 Å². The van der Waals surface area contributed by atoms with E-state index in [0.29, 0.717) is 43.4 Å². The van der Waals surface area contributed by atoms with Crippen molar-refractivity contribution in [1.29, 1.82) is 0 Å². The topological polar surface area (TPSA) is 104 Å². The second kappa shape index (κ2) is 16.0. The van der Waals surface area contributed by atoms with Crippen molar-refractivity contribution < 1.29 is 28.9 Å². The first-order valence-corrected chi connectivity index (χ1v) is 17.1. The first-order valence-electron chi connectivity index (χ1n) is 17.1. The number of ether oxygens (including phenoxy) is 3. The lowest BCUT2D eigenvalue weighted by Crippen LogP contribution is -2.39. The standard InChI is InChI=1S/C38H48FN5O4.H2O/c1-5-48-24-23-44-33-10-7-6-9-32(33)40-37(44)42-18-8-17-41(21-22-42)19-15-38(30-11-13-31(39)14-12-30)16-20-43(27-38)36(45)29-25-28(2)35(47-4)34(26-29)46-3;/h6-7,9-14,25-26H,5,8,15-24,27H2,1-4H3;1H2. The van der Waals surface area contributed by atoms with Gasteiger partial charge < -0.3 is 39.0 Å². The lowest BCUT2D eigenvalue weighted by atomic mass is 9.76. The van der Waals surface area contributed by atoms with Crippen molar-refractivity contribution in [2.24, 2.45) is 0 Å². The molecule has 2 saturated heterocycles. The van der Waals surface area contributed by atoms with Crippen LogP contribution >= 0.6 is 0 Å². The summed E-state index contributed by atoms with van der Waals surface area (Å²) in [4.78, 5) is 25.8. The minimum atomic E-state index is -0.270. The van der Waals surface area contributed by atoms with E-state index in [9.17, 15) is 9.18 Å². The molecule has 1 atom stereocenters. The summed E-state index contributed by atoms with van der Waals surface area (Å²) in [6, 6.07) is 18.9. The molecule has 10 nitrogen and oxygen atoms in total. The number of methoxy groups -OCH3 is 2. The highest BCUT2D eigenvalue weighted by molar-refractivity contribution is 5.95. The lowest BCUT2D eigenvalue weighted by Gasteiger charge is -2.33. The molecular formula is C38H50FN5O5. The van der Waals surface area contributed by atoms with Gasteiger partial charge in [-0.05, 0) is 93.7 Å². The Labute approximate surface area is 288 Å². The Kier molecular flexibility index (Phi) is 11.8. The number of halogens is 1. The fraction of sp³-hybridized carbons (Fsp3) is 0.474. The number of para-hydroxylation sites is 2. The molecule has 6 rings (SSSR count). The van der Waals surface area contributed by atoms with E-state index in [0.717, 1.165) is 86.6 Å². The summed E-state index contributed by atoms with van der Waals surface area (Å²) in [5.74, 6) is 1.91. The van der Waals surface area contributed by atoms with Gasteiger partial charge in [0.2, 0.25) is 5.95 Å². The molecule has 1 amide bonds. The fourth-order valence-electron chi connectivity index (χ4n) is 7.49. The molecule has 3 heterocycles. The van der Waals surface area contributed by atoms with Crippen molar-refractivity contribution in [2.45, 2.75) is 45.1 Å². The summed E-state index contributed by atoms with van der Waals surface area (Å²) in [7, 11) is 3.19. The van der Waals surface area contributed by atoms with Crippen LogP contribution in [0.3, 0.4) is 0 Å². The highest BCUT2D eigenvalue weighted by Crippen LogP contribution is 2.40. The predicted octanol–water partition coefficient (Wildman–Crippen LogP) is 5.10. The van der Waals surface area contributed by atoms with E-state index in [1.165, 1.54) is 0 Å². The molecule has 11 heteroatoms. The minimum Gasteiger partial charge on any atom is -0.493 e. The second-order valence-corrected chi connectivity index (χ2v) is 13.0. The number of imidazole rings is 1. The predicted molar refractivity (Wildman–Crippen MR) is 191 cm³/mol. The zero-order chi connectivity index (χ0) is 33.7. The van der Waals surface area contributed by atoms with E-state index in [-0.39, 0.29) is 22.6 Å². The molecule has 0 saturated carbocycles. The number of amides is 1. The van der Waals surface area contributed by atoms with Crippen molar-refractivity contribution in [3.63, 3.8) is 0 Å². The summed E-state index contributed by atoms with van der Waals surface area (Å²) in [6.07, 6.45) is 2.72. The summed E-state index contributed by atoms with van der Waals surface area (Å²) in [5, 5.41) is 0. The second-order valence-electron chi connectivity index (χ2n) is 13.0. The largest absolute Gasteiger partial charge is 0.493 e. The van der Waals surface area contributed by atoms with Crippen molar-refractivity contribution in [3.8, 4) is 11.5 Å². The van der Waals surface area contributed by atoms with Gasteiger partial charge in [0.25, 0.3) is 5.91 Å². The molecule has 0 aliphatic carbocycles. The zero-order valence-electron chi connectivity index (χ0n) is 29.2. The molecule has 2 aliphatic rings. The lowest BCUT2D eigenvalue weighted by molar-refractivity contribution is 0.0780. The normalized spacial score (nSPS) is 18.4. The molecule has 4 aromatic rings. The van der Waals surface area contributed by atoms with Crippen LogP contribution in [0.5, 0.6) is 11.5 Å². The molecule has 264 valence electrons. The number of benzene rings is 3. The van der Waals surface area contributed by atoms with Gasteiger partial charge in [0.1, 0.15) is 5.82 Å². The maximum atomic E-state index is 14.1. The summed E-state index contributed by atoms with van der Waals surface area (Å²) in [5.41, 5.74) is 4.40. The third-order valence-electron chi connectivity index (χ3n) is 10.1. The fourth-order valence-corrected chi connectivity index (χ4v) is 7.49. The summed E-state index contributed by atoms with van der Waals surface area (Å²) < 4.78 is 33.1. The van der Waals surface area contributed by atoms with Crippen LogP contribution in [0.4, 0.5) is 10.3 Å². The number of aromatic nitrogens is 2. The Morgan fingerprint density at radius 1 is 0.959 bits per heavy atom. The van der Waals surface area contributed by atoms with Gasteiger partial charge in [0.15, 0.2) is 11.5 Å². The molecule has 0 bridgehead atoms. The van der Waals surface area contributed by atoms with Gasteiger partial charge in [-0.2, -0.15) is 0 Å². The molecule has 3 aromatic carbocycles. The number of carbonyl (C=O) groups is 1. The summed E-state index contributed by atoms with van der Waals surface area (Å²) in [6.45, 7) is 11.9. The van der Waals surface area contributed by atoms with E-state index >= 15 is 0 Å². The maximum absolute atomic E-state index is 14.1. The van der Waals surface area contributed by atoms with Crippen LogP contribution in [0.15, 0.2) is 60.7 Å². The highest BCUT2D eigenvalue weighted by Gasteiger charge is 2.42. The monoisotopic (exact) mass is 675 g/mol. The number of aryl methyl sites for hydroxylation is 1. The Hall–Kier alpha value is -4.19.